The fourth-order valence-corrected chi connectivity index (χ4v) is 5.38. The zero-order valence-electron chi connectivity index (χ0n) is 18.6. The Morgan fingerprint density at radius 1 is 0.800 bits per heavy atom. The van der Waals surface area contributed by atoms with Crippen molar-refractivity contribution in [3.05, 3.63) is 129 Å². The summed E-state index contributed by atoms with van der Waals surface area (Å²) in [4.78, 5) is 28.2. The average Bonchev–Trinajstić information content (AvgIpc) is 2.86. The van der Waals surface area contributed by atoms with E-state index in [9.17, 15) is 14.7 Å². The van der Waals surface area contributed by atoms with Crippen LogP contribution in [-0.2, 0) is 11.3 Å². The van der Waals surface area contributed by atoms with Crippen LogP contribution in [0, 0.1) is 0 Å². The van der Waals surface area contributed by atoms with E-state index in [2.05, 4.69) is 0 Å². The minimum Gasteiger partial charge on any atom is -0.481 e. The Bertz CT molecular complexity index is 1420. The van der Waals surface area contributed by atoms with Gasteiger partial charge in [-0.1, -0.05) is 102 Å². The van der Waals surface area contributed by atoms with Crippen LogP contribution >= 0.6 is 23.2 Å². The molecule has 0 aliphatic carbocycles. The van der Waals surface area contributed by atoms with E-state index in [4.69, 9.17) is 23.2 Å². The van der Waals surface area contributed by atoms with Gasteiger partial charge in [0.1, 0.15) is 5.92 Å². The number of benzene rings is 4. The number of rotatable bonds is 5. The lowest BCUT2D eigenvalue weighted by molar-refractivity contribution is -0.140. The first-order valence-corrected chi connectivity index (χ1v) is 11.9. The molecule has 1 amide bonds. The molecule has 0 fully saturated rings. The Hall–Kier alpha value is -3.60. The second kappa shape index (κ2) is 9.57. The Morgan fingerprint density at radius 2 is 1.46 bits per heavy atom. The summed E-state index contributed by atoms with van der Waals surface area (Å²) in [6.07, 6.45) is 0. The Morgan fingerprint density at radius 3 is 2.17 bits per heavy atom. The van der Waals surface area contributed by atoms with Crippen molar-refractivity contribution in [2.75, 3.05) is 0 Å². The molecule has 0 spiro atoms. The van der Waals surface area contributed by atoms with Crippen molar-refractivity contribution in [1.82, 2.24) is 4.90 Å². The molecule has 174 valence electrons. The fourth-order valence-electron chi connectivity index (χ4n) is 4.86. The monoisotopic (exact) mass is 501 g/mol. The van der Waals surface area contributed by atoms with Crippen molar-refractivity contribution in [2.45, 2.75) is 18.5 Å². The van der Waals surface area contributed by atoms with E-state index in [1.807, 2.05) is 54.6 Å². The molecule has 0 radical (unpaired) electrons. The van der Waals surface area contributed by atoms with E-state index < -0.39 is 17.9 Å². The number of hydrogen-bond acceptors (Lipinski definition) is 2. The van der Waals surface area contributed by atoms with Crippen molar-refractivity contribution in [3.63, 3.8) is 0 Å². The molecule has 2 atom stereocenters. The first-order chi connectivity index (χ1) is 17.0. The Balaban J connectivity index is 1.69. The number of hydrogen-bond donors (Lipinski definition) is 1. The van der Waals surface area contributed by atoms with E-state index >= 15 is 0 Å². The van der Waals surface area contributed by atoms with Crippen LogP contribution in [0.15, 0.2) is 97.1 Å². The van der Waals surface area contributed by atoms with Crippen molar-refractivity contribution in [3.8, 4) is 11.1 Å². The molecule has 0 saturated heterocycles. The number of carbonyl (C=O) groups excluding carboxylic acids is 1. The highest BCUT2D eigenvalue weighted by Gasteiger charge is 2.45. The molecule has 4 aromatic rings. The molecule has 1 heterocycles. The normalized spacial score (nSPS) is 17.2. The molecule has 0 bridgehead atoms. The van der Waals surface area contributed by atoms with Gasteiger partial charge in [0, 0.05) is 22.2 Å². The van der Waals surface area contributed by atoms with Crippen molar-refractivity contribution in [1.29, 1.82) is 0 Å². The summed E-state index contributed by atoms with van der Waals surface area (Å²) >= 11 is 12.7. The SMILES string of the molecule is O=C(O)C1c2ccccc2C(=O)N(Cc2ccccc2-c2ccccc2)C1c1ccc(Cl)cc1Cl. The molecule has 0 saturated carbocycles. The molecular weight excluding hydrogens is 481 g/mol. The minimum absolute atomic E-state index is 0.214. The number of halogens is 2. The van der Waals surface area contributed by atoms with Crippen LogP contribution < -0.4 is 0 Å². The van der Waals surface area contributed by atoms with Crippen molar-refractivity contribution < 1.29 is 14.7 Å². The van der Waals surface area contributed by atoms with Crippen molar-refractivity contribution >= 4 is 35.1 Å². The fraction of sp³-hybridized carbons (Fsp3) is 0.103. The summed E-state index contributed by atoms with van der Waals surface area (Å²) in [6.45, 7) is 0.214. The summed E-state index contributed by atoms with van der Waals surface area (Å²) in [5.74, 6) is -2.26. The van der Waals surface area contributed by atoms with Gasteiger partial charge < -0.3 is 10.0 Å². The van der Waals surface area contributed by atoms with Gasteiger partial charge >= 0.3 is 5.97 Å². The second-order valence-electron chi connectivity index (χ2n) is 8.47. The number of carboxylic acids is 1. The van der Waals surface area contributed by atoms with Crippen LogP contribution in [0.4, 0.5) is 0 Å². The highest BCUT2D eigenvalue weighted by atomic mass is 35.5. The predicted octanol–water partition coefficient (Wildman–Crippen LogP) is 7.23. The maximum absolute atomic E-state index is 13.9. The summed E-state index contributed by atoms with van der Waals surface area (Å²) in [6, 6.07) is 28.8. The molecule has 35 heavy (non-hydrogen) atoms. The first-order valence-electron chi connectivity index (χ1n) is 11.2. The molecule has 6 heteroatoms. The third-order valence-electron chi connectivity index (χ3n) is 6.43. The molecule has 1 N–H and O–H groups in total. The average molecular weight is 502 g/mol. The van der Waals surface area contributed by atoms with Crippen LogP contribution in [0.1, 0.15) is 39.0 Å². The molecule has 0 aromatic heterocycles. The molecule has 4 aromatic carbocycles. The van der Waals surface area contributed by atoms with E-state index in [0.29, 0.717) is 26.7 Å². The topological polar surface area (TPSA) is 57.6 Å². The van der Waals surface area contributed by atoms with E-state index in [-0.39, 0.29) is 12.5 Å². The number of fused-ring (bicyclic) bond motifs is 1. The van der Waals surface area contributed by atoms with E-state index in [0.717, 1.165) is 16.7 Å². The predicted molar refractivity (Wildman–Crippen MR) is 138 cm³/mol. The molecule has 1 aliphatic rings. The van der Waals surface area contributed by atoms with Gasteiger partial charge in [-0.15, -0.1) is 0 Å². The maximum atomic E-state index is 13.9. The van der Waals surface area contributed by atoms with Gasteiger partial charge in [-0.2, -0.15) is 0 Å². The second-order valence-corrected chi connectivity index (χ2v) is 9.31. The number of amides is 1. The van der Waals surface area contributed by atoms with Gasteiger partial charge in [-0.25, -0.2) is 0 Å². The zero-order valence-corrected chi connectivity index (χ0v) is 20.1. The summed E-state index contributed by atoms with van der Waals surface area (Å²) in [7, 11) is 0. The number of aliphatic carboxylic acids is 1. The van der Waals surface area contributed by atoms with E-state index in [1.54, 1.807) is 47.4 Å². The van der Waals surface area contributed by atoms with Crippen LogP contribution in [0.3, 0.4) is 0 Å². The largest absolute Gasteiger partial charge is 0.481 e. The zero-order chi connectivity index (χ0) is 24.5. The number of carbonyl (C=O) groups is 2. The molecule has 4 nitrogen and oxygen atoms in total. The maximum Gasteiger partial charge on any atom is 0.313 e. The van der Waals surface area contributed by atoms with Crippen LogP contribution in [0.5, 0.6) is 0 Å². The molecule has 1 aliphatic heterocycles. The van der Waals surface area contributed by atoms with E-state index in [1.165, 1.54) is 0 Å². The lowest BCUT2D eigenvalue weighted by Gasteiger charge is -2.41. The molecular formula is C29H21Cl2NO3. The Labute approximate surface area is 213 Å². The highest BCUT2D eigenvalue weighted by Crippen LogP contribution is 2.46. The first kappa shape index (κ1) is 23.2. The number of carboxylic acid groups (broad SMARTS) is 1. The van der Waals surface area contributed by atoms with Crippen LogP contribution in [0.2, 0.25) is 10.0 Å². The third-order valence-corrected chi connectivity index (χ3v) is 6.99. The lowest BCUT2D eigenvalue weighted by atomic mass is 9.79. The summed E-state index contributed by atoms with van der Waals surface area (Å²) < 4.78 is 0. The molecule has 2 unspecified atom stereocenters. The van der Waals surface area contributed by atoms with Gasteiger partial charge in [0.25, 0.3) is 5.91 Å². The number of nitrogens with zero attached hydrogens (tertiary/aromatic N) is 1. The highest BCUT2D eigenvalue weighted by molar-refractivity contribution is 6.35. The Kier molecular flexibility index (Phi) is 6.33. The van der Waals surface area contributed by atoms with Gasteiger partial charge in [-0.3, -0.25) is 9.59 Å². The quantitative estimate of drug-likeness (QED) is 0.313. The smallest absolute Gasteiger partial charge is 0.313 e. The summed E-state index contributed by atoms with van der Waals surface area (Å²) in [5, 5.41) is 11.1. The van der Waals surface area contributed by atoms with Crippen LogP contribution in [-0.4, -0.2) is 21.9 Å². The standard InChI is InChI=1S/C29H21Cl2NO3/c30-20-14-15-24(25(31)16-20)27-26(29(34)35)22-12-6-7-13-23(22)28(33)32(27)17-19-10-4-5-11-21(19)18-8-2-1-3-9-18/h1-16,26-27H,17H2,(H,34,35). The van der Waals surface area contributed by atoms with Crippen LogP contribution in [0.25, 0.3) is 11.1 Å². The molecule has 5 rings (SSSR count). The minimum atomic E-state index is -1.03. The van der Waals surface area contributed by atoms with Crippen molar-refractivity contribution in [2.24, 2.45) is 0 Å². The van der Waals surface area contributed by atoms with Gasteiger partial charge in [0.15, 0.2) is 0 Å². The van der Waals surface area contributed by atoms with Gasteiger partial charge in [-0.05, 0) is 46.0 Å². The van der Waals surface area contributed by atoms with Gasteiger partial charge in [0.05, 0.1) is 6.04 Å². The summed E-state index contributed by atoms with van der Waals surface area (Å²) in [5.41, 5.74) is 4.32. The lowest BCUT2D eigenvalue weighted by Crippen LogP contribution is -2.44. The third kappa shape index (κ3) is 4.31. The van der Waals surface area contributed by atoms with Gasteiger partial charge in [0.2, 0.25) is 0 Å².